The molecule has 1 aromatic carbocycles. The number of pyridine rings is 1. The molecule has 25 heavy (non-hydrogen) atoms. The summed E-state index contributed by atoms with van der Waals surface area (Å²) in [5.74, 6) is -0.199. The first-order valence-electron chi connectivity index (χ1n) is 8.66. The summed E-state index contributed by atoms with van der Waals surface area (Å²) < 4.78 is 0. The first-order valence-corrected chi connectivity index (χ1v) is 8.66. The molecule has 3 rings (SSSR count). The van der Waals surface area contributed by atoms with Gasteiger partial charge in [0.1, 0.15) is 6.04 Å². The molecule has 2 aromatic rings. The molecule has 0 fully saturated rings. The number of nitrogens with one attached hydrogen (secondary N) is 1. The molecule has 130 valence electrons. The highest BCUT2D eigenvalue weighted by Gasteiger charge is 2.33. The van der Waals surface area contributed by atoms with Crippen molar-refractivity contribution < 1.29 is 9.59 Å². The van der Waals surface area contributed by atoms with E-state index in [0.29, 0.717) is 12.8 Å². The maximum atomic E-state index is 12.8. The Kier molecular flexibility index (Phi) is 5.12. The molecule has 5 nitrogen and oxygen atoms in total. The standard InChI is InChI=1S/C20H23N3O2/c1-14-13-16-7-3-4-9-18(16)23(14)20(25)15(2)22-19(24)11-10-17-8-5-6-12-21-17/h3-9,12,14-15H,10-11,13H2,1-2H3,(H,22,24). The van der Waals surface area contributed by atoms with Crippen LogP contribution in [0, 0.1) is 0 Å². The van der Waals surface area contributed by atoms with Crippen LogP contribution in [0.15, 0.2) is 48.7 Å². The summed E-state index contributed by atoms with van der Waals surface area (Å²) in [4.78, 5) is 31.0. The molecule has 0 saturated heterocycles. The lowest BCUT2D eigenvalue weighted by Gasteiger charge is -2.26. The summed E-state index contributed by atoms with van der Waals surface area (Å²) in [6.45, 7) is 3.78. The van der Waals surface area contributed by atoms with Gasteiger partial charge in [-0.2, -0.15) is 0 Å². The van der Waals surface area contributed by atoms with E-state index in [-0.39, 0.29) is 17.9 Å². The van der Waals surface area contributed by atoms with Crippen LogP contribution in [0.4, 0.5) is 5.69 Å². The minimum Gasteiger partial charge on any atom is -0.345 e. The van der Waals surface area contributed by atoms with E-state index >= 15 is 0 Å². The van der Waals surface area contributed by atoms with Crippen LogP contribution in [-0.2, 0) is 22.4 Å². The monoisotopic (exact) mass is 337 g/mol. The van der Waals surface area contributed by atoms with Gasteiger partial charge in [0, 0.05) is 30.0 Å². The molecular formula is C20H23N3O2. The third kappa shape index (κ3) is 3.87. The zero-order valence-electron chi connectivity index (χ0n) is 14.6. The van der Waals surface area contributed by atoms with Crippen molar-refractivity contribution >= 4 is 17.5 Å². The lowest BCUT2D eigenvalue weighted by Crippen LogP contribution is -2.49. The number of fused-ring (bicyclic) bond motifs is 1. The van der Waals surface area contributed by atoms with Crippen molar-refractivity contribution in [2.45, 2.75) is 45.2 Å². The highest BCUT2D eigenvalue weighted by molar-refractivity contribution is 6.01. The molecular weight excluding hydrogens is 314 g/mol. The topological polar surface area (TPSA) is 62.3 Å². The number of benzene rings is 1. The van der Waals surface area contributed by atoms with E-state index in [4.69, 9.17) is 0 Å². The molecule has 1 N–H and O–H groups in total. The van der Waals surface area contributed by atoms with Gasteiger partial charge in [-0.15, -0.1) is 0 Å². The number of carbonyl (C=O) groups excluding carboxylic acids is 2. The Bertz CT molecular complexity index is 761. The number of para-hydroxylation sites is 1. The zero-order valence-corrected chi connectivity index (χ0v) is 14.6. The first-order chi connectivity index (χ1) is 12.1. The minimum atomic E-state index is -0.551. The van der Waals surface area contributed by atoms with Gasteiger partial charge in [-0.05, 0) is 50.5 Å². The number of anilines is 1. The van der Waals surface area contributed by atoms with Gasteiger partial charge in [0.2, 0.25) is 11.8 Å². The Labute approximate surface area is 148 Å². The van der Waals surface area contributed by atoms with Crippen LogP contribution in [-0.4, -0.2) is 28.9 Å². The predicted molar refractivity (Wildman–Crippen MR) is 97.3 cm³/mol. The van der Waals surface area contributed by atoms with E-state index in [1.165, 1.54) is 5.56 Å². The summed E-state index contributed by atoms with van der Waals surface area (Å²) >= 11 is 0. The molecule has 2 atom stereocenters. The van der Waals surface area contributed by atoms with Crippen LogP contribution in [0.2, 0.25) is 0 Å². The second-order valence-electron chi connectivity index (χ2n) is 6.50. The van der Waals surface area contributed by atoms with Gasteiger partial charge in [-0.3, -0.25) is 14.6 Å². The molecule has 2 unspecified atom stereocenters. The van der Waals surface area contributed by atoms with Crippen LogP contribution < -0.4 is 10.2 Å². The molecule has 0 aliphatic carbocycles. The molecule has 0 saturated carbocycles. The van der Waals surface area contributed by atoms with Crippen LogP contribution in [0.25, 0.3) is 0 Å². The molecule has 0 bridgehead atoms. The Hall–Kier alpha value is -2.69. The average Bonchev–Trinajstić information content (AvgIpc) is 2.96. The molecule has 0 radical (unpaired) electrons. The van der Waals surface area contributed by atoms with Crippen molar-refractivity contribution in [3.63, 3.8) is 0 Å². The quantitative estimate of drug-likeness (QED) is 0.912. The fourth-order valence-corrected chi connectivity index (χ4v) is 3.27. The van der Waals surface area contributed by atoms with Gasteiger partial charge in [-0.1, -0.05) is 24.3 Å². The number of hydrogen-bond donors (Lipinski definition) is 1. The van der Waals surface area contributed by atoms with E-state index < -0.39 is 6.04 Å². The molecule has 1 aromatic heterocycles. The van der Waals surface area contributed by atoms with Crippen LogP contribution in [0.5, 0.6) is 0 Å². The fourth-order valence-electron chi connectivity index (χ4n) is 3.27. The van der Waals surface area contributed by atoms with E-state index in [9.17, 15) is 9.59 Å². The molecule has 5 heteroatoms. The molecule has 2 heterocycles. The second-order valence-corrected chi connectivity index (χ2v) is 6.50. The summed E-state index contributed by atoms with van der Waals surface area (Å²) in [6.07, 6.45) is 3.45. The van der Waals surface area contributed by atoms with Gasteiger partial charge >= 0.3 is 0 Å². The number of rotatable bonds is 5. The number of carbonyl (C=O) groups is 2. The van der Waals surface area contributed by atoms with Gasteiger partial charge in [0.15, 0.2) is 0 Å². The van der Waals surface area contributed by atoms with Crippen LogP contribution >= 0.6 is 0 Å². The highest BCUT2D eigenvalue weighted by Crippen LogP contribution is 2.32. The van der Waals surface area contributed by atoms with Crippen LogP contribution in [0.3, 0.4) is 0 Å². The van der Waals surface area contributed by atoms with Crippen molar-refractivity contribution in [3.8, 4) is 0 Å². The predicted octanol–water partition coefficient (Wildman–Crippen LogP) is 2.50. The molecule has 1 aliphatic rings. The molecule has 2 amide bonds. The Morgan fingerprint density at radius 3 is 2.76 bits per heavy atom. The number of hydrogen-bond acceptors (Lipinski definition) is 3. The lowest BCUT2D eigenvalue weighted by atomic mass is 10.1. The Morgan fingerprint density at radius 2 is 2.00 bits per heavy atom. The van der Waals surface area contributed by atoms with E-state index in [2.05, 4.69) is 16.4 Å². The van der Waals surface area contributed by atoms with Gasteiger partial charge in [0.25, 0.3) is 0 Å². The SMILES string of the molecule is CC(NC(=O)CCc1ccccn1)C(=O)N1c2ccccc2CC1C. The Balaban J connectivity index is 1.58. The zero-order chi connectivity index (χ0) is 17.8. The van der Waals surface area contributed by atoms with Crippen molar-refractivity contribution in [2.24, 2.45) is 0 Å². The Morgan fingerprint density at radius 1 is 1.24 bits per heavy atom. The number of nitrogens with zero attached hydrogens (tertiary/aromatic N) is 2. The van der Waals surface area contributed by atoms with Crippen LogP contribution in [0.1, 0.15) is 31.5 Å². The average molecular weight is 337 g/mol. The molecule has 0 spiro atoms. The smallest absolute Gasteiger partial charge is 0.249 e. The normalized spacial score (nSPS) is 17.0. The van der Waals surface area contributed by atoms with Crippen molar-refractivity contribution in [1.82, 2.24) is 10.3 Å². The summed E-state index contributed by atoms with van der Waals surface area (Å²) in [6, 6.07) is 13.1. The van der Waals surface area contributed by atoms with Gasteiger partial charge in [0.05, 0.1) is 0 Å². The van der Waals surface area contributed by atoms with Crippen molar-refractivity contribution in [1.29, 1.82) is 0 Å². The van der Waals surface area contributed by atoms with E-state index in [1.54, 1.807) is 18.0 Å². The fraction of sp³-hybridized carbons (Fsp3) is 0.350. The summed E-state index contributed by atoms with van der Waals surface area (Å²) in [5, 5.41) is 2.82. The summed E-state index contributed by atoms with van der Waals surface area (Å²) in [7, 11) is 0. The van der Waals surface area contributed by atoms with Gasteiger partial charge in [-0.25, -0.2) is 0 Å². The minimum absolute atomic E-state index is 0.0661. The third-order valence-electron chi connectivity index (χ3n) is 4.53. The van der Waals surface area contributed by atoms with E-state index in [0.717, 1.165) is 17.8 Å². The maximum absolute atomic E-state index is 12.8. The lowest BCUT2D eigenvalue weighted by molar-refractivity contribution is -0.127. The number of aromatic nitrogens is 1. The third-order valence-corrected chi connectivity index (χ3v) is 4.53. The highest BCUT2D eigenvalue weighted by atomic mass is 16.2. The van der Waals surface area contributed by atoms with Gasteiger partial charge < -0.3 is 10.2 Å². The largest absolute Gasteiger partial charge is 0.345 e. The summed E-state index contributed by atoms with van der Waals surface area (Å²) in [5.41, 5.74) is 3.00. The number of amides is 2. The van der Waals surface area contributed by atoms with E-state index in [1.807, 2.05) is 43.3 Å². The number of aryl methyl sites for hydroxylation is 1. The maximum Gasteiger partial charge on any atom is 0.249 e. The van der Waals surface area contributed by atoms with Crippen molar-refractivity contribution in [3.05, 3.63) is 59.9 Å². The van der Waals surface area contributed by atoms with Crippen molar-refractivity contribution in [2.75, 3.05) is 4.90 Å². The second kappa shape index (κ2) is 7.47. The molecule has 1 aliphatic heterocycles. The first kappa shape index (κ1) is 17.1.